The Hall–Kier alpha value is -2.24. The lowest BCUT2D eigenvalue weighted by atomic mass is 9.79. The van der Waals surface area contributed by atoms with Crippen LogP contribution in [0.3, 0.4) is 0 Å². The van der Waals surface area contributed by atoms with Gasteiger partial charge in [0.15, 0.2) is 0 Å². The van der Waals surface area contributed by atoms with Gasteiger partial charge >= 0.3 is 12.9 Å². The average Bonchev–Trinajstić information content (AvgIpc) is 2.90. The third kappa shape index (κ3) is 5.05. The largest absolute Gasteiger partial charge is 0.494 e. The molecule has 6 nitrogen and oxygen atoms in total. The molecule has 3 rings (SSSR count). The van der Waals surface area contributed by atoms with Gasteiger partial charge in [-0.05, 0) is 69.9 Å². The summed E-state index contributed by atoms with van der Waals surface area (Å²) in [6.45, 7) is 9.19. The molecule has 1 fully saturated rings. The van der Waals surface area contributed by atoms with Gasteiger partial charge < -0.3 is 14.0 Å². The van der Waals surface area contributed by atoms with E-state index in [0.717, 1.165) is 0 Å². The second-order valence-corrected chi connectivity index (χ2v) is 10.2. The van der Waals surface area contributed by atoms with Crippen molar-refractivity contribution < 1.29 is 35.6 Å². The number of alkyl halides is 2. The van der Waals surface area contributed by atoms with Gasteiger partial charge in [0.25, 0.3) is 10.0 Å². The van der Waals surface area contributed by atoms with Crippen LogP contribution in [0.1, 0.15) is 46.3 Å². The number of anilines is 1. The van der Waals surface area contributed by atoms with Crippen molar-refractivity contribution in [3.05, 3.63) is 53.8 Å². The van der Waals surface area contributed by atoms with Crippen molar-refractivity contribution in [1.29, 1.82) is 0 Å². The molecule has 1 heterocycles. The van der Waals surface area contributed by atoms with E-state index >= 15 is 0 Å². The number of halogens is 3. The van der Waals surface area contributed by atoms with Gasteiger partial charge in [0, 0.05) is 0 Å². The number of hydrogen-bond acceptors (Lipinski definition) is 5. The van der Waals surface area contributed by atoms with Crippen molar-refractivity contribution in [2.24, 2.45) is 0 Å². The monoisotopic (exact) mass is 471 g/mol. The molecule has 1 saturated heterocycles. The normalized spacial score (nSPS) is 18.6. The van der Waals surface area contributed by atoms with Crippen molar-refractivity contribution in [3.63, 3.8) is 0 Å². The van der Waals surface area contributed by atoms with Gasteiger partial charge in [-0.2, -0.15) is 8.78 Å². The zero-order valence-corrected chi connectivity index (χ0v) is 19.2. The fraction of sp³-hybridized carbons (Fsp3) is 0.429. The van der Waals surface area contributed by atoms with Crippen LogP contribution in [0.2, 0.25) is 0 Å². The maximum Gasteiger partial charge on any atom is 0.494 e. The molecule has 0 bridgehead atoms. The molecule has 0 spiro atoms. The number of ether oxygens (including phenoxy) is 1. The lowest BCUT2D eigenvalue weighted by Crippen LogP contribution is -2.41. The smallest absolute Gasteiger partial charge is 0.484 e. The molecule has 32 heavy (non-hydrogen) atoms. The van der Waals surface area contributed by atoms with Crippen LogP contribution in [-0.2, 0) is 19.3 Å². The minimum absolute atomic E-state index is 0.00161. The summed E-state index contributed by atoms with van der Waals surface area (Å²) in [4.78, 5) is 0. The first-order valence-corrected chi connectivity index (χ1v) is 11.5. The Morgan fingerprint density at radius 2 is 1.56 bits per heavy atom. The highest BCUT2D eigenvalue weighted by atomic mass is 32.2. The fourth-order valence-corrected chi connectivity index (χ4v) is 3.60. The average molecular weight is 471 g/mol. The van der Waals surface area contributed by atoms with Gasteiger partial charge in [0.2, 0.25) is 0 Å². The van der Waals surface area contributed by atoms with E-state index < -0.39 is 46.0 Å². The summed E-state index contributed by atoms with van der Waals surface area (Å²) in [7, 11) is -5.70. The van der Waals surface area contributed by atoms with Crippen molar-refractivity contribution >= 4 is 28.3 Å². The van der Waals surface area contributed by atoms with Crippen LogP contribution in [0.5, 0.6) is 5.75 Å². The number of sulfonamides is 1. The first-order valence-electron chi connectivity index (χ1n) is 9.93. The van der Waals surface area contributed by atoms with Crippen LogP contribution in [0.15, 0.2) is 42.5 Å². The molecule has 1 aliphatic heterocycles. The van der Waals surface area contributed by atoms with Crippen LogP contribution in [-0.4, -0.2) is 32.5 Å². The maximum absolute atomic E-state index is 13.2. The van der Waals surface area contributed by atoms with Crippen molar-refractivity contribution in [3.8, 4) is 5.75 Å². The second kappa shape index (κ2) is 8.60. The highest BCUT2D eigenvalue weighted by Crippen LogP contribution is 2.37. The zero-order chi connectivity index (χ0) is 23.9. The maximum atomic E-state index is 13.2. The van der Waals surface area contributed by atoms with Gasteiger partial charge in [0.1, 0.15) is 17.7 Å². The Morgan fingerprint density at radius 3 is 2.09 bits per heavy atom. The Labute approximate surface area is 186 Å². The van der Waals surface area contributed by atoms with E-state index in [9.17, 15) is 21.6 Å². The quantitative estimate of drug-likeness (QED) is 0.612. The Balaban J connectivity index is 1.96. The minimum Gasteiger partial charge on any atom is -0.484 e. The van der Waals surface area contributed by atoms with E-state index in [1.807, 2.05) is 32.4 Å². The van der Waals surface area contributed by atoms with E-state index in [1.54, 1.807) is 6.92 Å². The summed E-state index contributed by atoms with van der Waals surface area (Å²) < 4.78 is 82.4. The van der Waals surface area contributed by atoms with Crippen molar-refractivity contribution in [2.45, 2.75) is 57.7 Å². The predicted molar refractivity (Wildman–Crippen MR) is 116 cm³/mol. The first-order chi connectivity index (χ1) is 14.7. The van der Waals surface area contributed by atoms with Crippen LogP contribution in [0, 0.1) is 5.82 Å². The molecular weight excluding hydrogens is 446 g/mol. The number of hydrogen-bond donors (Lipinski definition) is 1. The summed E-state index contributed by atoms with van der Waals surface area (Å²) in [6.07, 6.45) is -0.640. The van der Waals surface area contributed by atoms with Gasteiger partial charge in [-0.15, -0.1) is 0 Å². The van der Waals surface area contributed by atoms with E-state index in [4.69, 9.17) is 14.0 Å². The molecule has 0 radical (unpaired) electrons. The van der Waals surface area contributed by atoms with E-state index in [-0.39, 0.29) is 11.4 Å². The minimum atomic E-state index is -4.92. The molecule has 0 amide bonds. The summed E-state index contributed by atoms with van der Waals surface area (Å²) >= 11 is 0. The molecule has 2 aromatic rings. The number of rotatable bonds is 7. The highest BCUT2D eigenvalue weighted by Gasteiger charge is 2.51. The standard InChI is InChI=1S/C21H25BF3NO5S/c1-13(14-6-9-16(23)10-7-14)29-18-12-15(22-30-20(2,3)21(4,5)31-22)8-11-17(18)26-32(27,28)19(24)25/h6-13,19,26H,1-5H3. The van der Waals surface area contributed by atoms with Gasteiger partial charge in [-0.25, -0.2) is 12.8 Å². The van der Waals surface area contributed by atoms with Crippen molar-refractivity contribution in [2.75, 3.05) is 4.72 Å². The molecule has 1 atom stereocenters. The van der Waals surface area contributed by atoms with Gasteiger partial charge in [0.05, 0.1) is 16.9 Å². The van der Waals surface area contributed by atoms with Crippen LogP contribution >= 0.6 is 0 Å². The van der Waals surface area contributed by atoms with E-state index in [1.165, 1.54) is 42.5 Å². The van der Waals surface area contributed by atoms with E-state index in [0.29, 0.717) is 11.0 Å². The third-order valence-electron chi connectivity index (χ3n) is 5.66. The van der Waals surface area contributed by atoms with Gasteiger partial charge in [-0.1, -0.05) is 18.2 Å². The van der Waals surface area contributed by atoms with Gasteiger partial charge in [-0.3, -0.25) is 4.72 Å². The lowest BCUT2D eigenvalue weighted by Gasteiger charge is -2.32. The summed E-state index contributed by atoms with van der Waals surface area (Å²) in [6, 6.07) is 9.86. The predicted octanol–water partition coefficient (Wildman–Crippen LogP) is 4.23. The summed E-state index contributed by atoms with van der Waals surface area (Å²) in [5.74, 6) is -4.04. The van der Waals surface area contributed by atoms with Crippen molar-refractivity contribution in [1.82, 2.24) is 0 Å². The Morgan fingerprint density at radius 1 is 1.00 bits per heavy atom. The third-order valence-corrected chi connectivity index (χ3v) is 6.63. The fourth-order valence-electron chi connectivity index (χ4n) is 3.04. The molecule has 0 aromatic heterocycles. The first kappa shape index (κ1) is 24.4. The second-order valence-electron chi connectivity index (χ2n) is 8.56. The highest BCUT2D eigenvalue weighted by molar-refractivity contribution is 7.93. The van der Waals surface area contributed by atoms with Crippen LogP contribution < -0.4 is 14.9 Å². The molecule has 1 N–H and O–H groups in total. The molecule has 0 saturated carbocycles. The van der Waals surface area contributed by atoms with Crippen LogP contribution in [0.25, 0.3) is 0 Å². The van der Waals surface area contributed by atoms with Crippen LogP contribution in [0.4, 0.5) is 18.9 Å². The van der Waals surface area contributed by atoms with E-state index in [2.05, 4.69) is 0 Å². The number of benzene rings is 2. The molecule has 2 aromatic carbocycles. The topological polar surface area (TPSA) is 73.9 Å². The summed E-state index contributed by atoms with van der Waals surface area (Å²) in [5.41, 5.74) is -0.272. The molecule has 1 aliphatic rings. The molecule has 174 valence electrons. The summed E-state index contributed by atoms with van der Waals surface area (Å²) in [5, 5.41) is 0. The number of nitrogens with one attached hydrogen (secondary N) is 1. The zero-order valence-electron chi connectivity index (χ0n) is 18.4. The molecule has 1 unspecified atom stereocenters. The molecule has 0 aliphatic carbocycles. The molecular formula is C21H25BF3NO5S. The SMILES string of the molecule is CC(Oc1cc(B2OC(C)(C)C(C)(C)O2)ccc1NS(=O)(=O)C(F)F)c1ccc(F)cc1. The lowest BCUT2D eigenvalue weighted by molar-refractivity contribution is 0.00578. The Bertz CT molecular complexity index is 1060. The Kier molecular flexibility index (Phi) is 6.56. The molecule has 11 heteroatoms.